The van der Waals surface area contributed by atoms with Crippen LogP contribution in [-0.4, -0.2) is 39.7 Å². The summed E-state index contributed by atoms with van der Waals surface area (Å²) in [5.41, 5.74) is 3.36. The number of hydrogen-bond donors (Lipinski definition) is 3. The number of fused-ring (bicyclic) bond motifs is 1. The number of nitrogens with one attached hydrogen (secondary N) is 2. The number of alkyl carbamates (subject to hydrolysis) is 1. The minimum Gasteiger partial charge on any atom is -0.506 e. The number of halogens is 1. The van der Waals surface area contributed by atoms with Crippen molar-refractivity contribution in [2.24, 2.45) is 5.92 Å². The number of carbonyl (C=O) groups excluding carboxylic acids is 2. The van der Waals surface area contributed by atoms with Crippen LogP contribution in [0.5, 0.6) is 5.75 Å². The number of ketones is 1. The van der Waals surface area contributed by atoms with Crippen molar-refractivity contribution < 1.29 is 19.4 Å². The Morgan fingerprint density at radius 2 is 1.66 bits per heavy atom. The second-order valence-electron chi connectivity index (χ2n) is 11.3. The Balaban J connectivity index is 1.61. The number of phenolic OH excluding ortho intramolecular Hbond substituents is 1. The quantitative estimate of drug-likeness (QED) is 0.284. The molecule has 4 rings (SSSR count). The predicted octanol–water partition coefficient (Wildman–Crippen LogP) is 7.35. The Hall–Kier alpha value is -3.32. The second-order valence-corrected chi connectivity index (χ2v) is 11.7. The largest absolute Gasteiger partial charge is 0.506 e. The molecule has 1 heterocycles. The number of nitrogens with zero attached hydrogens (tertiary/aromatic N) is 1. The van der Waals surface area contributed by atoms with Gasteiger partial charge in [0.1, 0.15) is 11.4 Å². The third kappa shape index (κ3) is 6.57. The molecule has 0 unspecified atom stereocenters. The number of ether oxygens (including phenoxy) is 1. The number of amides is 1. The van der Waals surface area contributed by atoms with Crippen LogP contribution in [0.3, 0.4) is 0 Å². The van der Waals surface area contributed by atoms with Gasteiger partial charge in [-0.25, -0.2) is 4.79 Å². The number of carbonyl (C=O) groups is 2. The molecule has 2 aromatic carbocycles. The smallest absolute Gasteiger partial charge is 0.407 e. The Morgan fingerprint density at radius 3 is 2.29 bits per heavy atom. The lowest BCUT2D eigenvalue weighted by Gasteiger charge is -2.31. The van der Waals surface area contributed by atoms with E-state index in [1.165, 1.54) is 0 Å². The van der Waals surface area contributed by atoms with Crippen molar-refractivity contribution >= 4 is 40.1 Å². The van der Waals surface area contributed by atoms with Crippen LogP contribution in [0.1, 0.15) is 70.7 Å². The summed E-state index contributed by atoms with van der Waals surface area (Å²) in [6.07, 6.45) is 4.58. The first kappa shape index (κ1) is 27.7. The summed E-state index contributed by atoms with van der Waals surface area (Å²) < 4.78 is 5.40. The molecule has 0 radical (unpaired) electrons. The number of Topliss-reactive ketones (excluding diaryl/α,β-unsaturated/α-hetero) is 1. The van der Waals surface area contributed by atoms with Gasteiger partial charge in [-0.1, -0.05) is 37.6 Å². The van der Waals surface area contributed by atoms with E-state index in [4.69, 9.17) is 16.3 Å². The van der Waals surface area contributed by atoms with Gasteiger partial charge in [0.2, 0.25) is 0 Å². The summed E-state index contributed by atoms with van der Waals surface area (Å²) in [6.45, 7) is 9.33. The molecule has 0 saturated heterocycles. The molecule has 0 bridgehead atoms. The third-order valence-corrected chi connectivity index (χ3v) is 7.04. The highest BCUT2D eigenvalue weighted by atomic mass is 35.5. The summed E-state index contributed by atoms with van der Waals surface area (Å²) >= 11 is 6.16. The van der Waals surface area contributed by atoms with Crippen molar-refractivity contribution in [2.45, 2.75) is 78.0 Å². The van der Waals surface area contributed by atoms with E-state index in [0.717, 1.165) is 53.4 Å². The summed E-state index contributed by atoms with van der Waals surface area (Å²) in [6, 6.07) is 11.2. The predicted molar refractivity (Wildman–Crippen MR) is 152 cm³/mol. The molecule has 0 aliphatic heterocycles. The van der Waals surface area contributed by atoms with Gasteiger partial charge >= 0.3 is 6.09 Å². The fraction of sp³-hybridized carbons (Fsp3) is 0.433. The van der Waals surface area contributed by atoms with E-state index >= 15 is 0 Å². The number of pyridine rings is 1. The summed E-state index contributed by atoms with van der Waals surface area (Å²) in [7, 11) is 0. The molecule has 3 aromatic rings. The molecule has 1 saturated carbocycles. The average Bonchev–Trinajstić information content (AvgIpc) is 2.85. The van der Waals surface area contributed by atoms with Crippen LogP contribution in [0.4, 0.5) is 10.5 Å². The minimum atomic E-state index is -0.533. The third-order valence-electron chi connectivity index (χ3n) is 6.74. The van der Waals surface area contributed by atoms with Crippen LogP contribution < -0.4 is 10.6 Å². The molecule has 38 heavy (non-hydrogen) atoms. The van der Waals surface area contributed by atoms with Gasteiger partial charge in [-0.05, 0) is 81.8 Å². The second kappa shape index (κ2) is 11.2. The first-order valence-corrected chi connectivity index (χ1v) is 13.5. The van der Waals surface area contributed by atoms with E-state index in [1.54, 1.807) is 18.3 Å². The van der Waals surface area contributed by atoms with Crippen molar-refractivity contribution in [3.63, 3.8) is 0 Å². The zero-order valence-corrected chi connectivity index (χ0v) is 23.4. The highest BCUT2D eigenvalue weighted by molar-refractivity contribution is 6.32. The van der Waals surface area contributed by atoms with E-state index in [9.17, 15) is 14.7 Å². The molecule has 1 aromatic heterocycles. The summed E-state index contributed by atoms with van der Waals surface area (Å²) in [4.78, 5) is 30.0. The van der Waals surface area contributed by atoms with Gasteiger partial charge < -0.3 is 20.5 Å². The maximum absolute atomic E-state index is 13.2. The Bertz CT molecular complexity index is 1340. The molecule has 7 nitrogen and oxygen atoms in total. The standard InChI is InChI=1S/C30H36ClN3O4/c1-17(2)28(36)23-16-32-25-12-6-18(19-7-13-26(35)24(31)15-19)14-22(25)27(23)33-20-8-10-21(11-9-20)34-29(37)38-30(3,4)5/h6-7,12-17,20-21,35H,8-11H2,1-5H3,(H,32,33)(H,34,37)/t20-,21-. The molecule has 0 spiro atoms. The Labute approximate surface area is 228 Å². The maximum Gasteiger partial charge on any atom is 0.407 e. The first-order valence-electron chi connectivity index (χ1n) is 13.1. The van der Waals surface area contributed by atoms with Crippen molar-refractivity contribution in [1.29, 1.82) is 0 Å². The van der Waals surface area contributed by atoms with Crippen LogP contribution >= 0.6 is 11.6 Å². The Morgan fingerprint density at radius 1 is 1.03 bits per heavy atom. The SMILES string of the molecule is CC(C)C(=O)c1cnc2ccc(-c3ccc(O)c(Cl)c3)cc2c1N[C@H]1CC[C@H](NC(=O)OC(C)(C)C)CC1. The lowest BCUT2D eigenvalue weighted by molar-refractivity contribution is 0.0492. The molecule has 1 fully saturated rings. The van der Waals surface area contributed by atoms with Crippen molar-refractivity contribution in [3.8, 4) is 16.9 Å². The van der Waals surface area contributed by atoms with Gasteiger partial charge in [0.05, 0.1) is 21.8 Å². The molecule has 1 aliphatic rings. The number of benzene rings is 2. The number of rotatable bonds is 6. The monoisotopic (exact) mass is 537 g/mol. The summed E-state index contributed by atoms with van der Waals surface area (Å²) in [5, 5.41) is 17.6. The fourth-order valence-corrected chi connectivity index (χ4v) is 4.95. The number of hydrogen-bond acceptors (Lipinski definition) is 6. The highest BCUT2D eigenvalue weighted by Crippen LogP contribution is 2.35. The van der Waals surface area contributed by atoms with Gasteiger partial charge in [0.15, 0.2) is 5.78 Å². The van der Waals surface area contributed by atoms with Crippen molar-refractivity contribution in [3.05, 3.63) is 53.2 Å². The fourth-order valence-electron chi connectivity index (χ4n) is 4.77. The maximum atomic E-state index is 13.2. The zero-order valence-electron chi connectivity index (χ0n) is 22.6. The van der Waals surface area contributed by atoms with Gasteiger partial charge in [-0.3, -0.25) is 9.78 Å². The van der Waals surface area contributed by atoms with Crippen LogP contribution in [0.15, 0.2) is 42.6 Å². The van der Waals surface area contributed by atoms with Gasteiger partial charge in [-0.15, -0.1) is 0 Å². The molecule has 202 valence electrons. The molecule has 1 amide bonds. The van der Waals surface area contributed by atoms with Crippen LogP contribution in [0.25, 0.3) is 22.0 Å². The van der Waals surface area contributed by atoms with E-state index in [0.29, 0.717) is 5.56 Å². The van der Waals surface area contributed by atoms with Gasteiger partial charge in [0, 0.05) is 29.6 Å². The molecule has 1 aliphatic carbocycles. The molecule has 3 N–H and O–H groups in total. The number of aromatic nitrogens is 1. The first-order chi connectivity index (χ1) is 17.9. The van der Waals surface area contributed by atoms with E-state index in [1.807, 2.05) is 58.9 Å². The van der Waals surface area contributed by atoms with E-state index in [-0.39, 0.29) is 40.7 Å². The lowest BCUT2D eigenvalue weighted by Crippen LogP contribution is -2.42. The van der Waals surface area contributed by atoms with Crippen LogP contribution in [-0.2, 0) is 4.74 Å². The van der Waals surface area contributed by atoms with E-state index < -0.39 is 5.60 Å². The van der Waals surface area contributed by atoms with Crippen molar-refractivity contribution in [1.82, 2.24) is 10.3 Å². The molecule has 8 heteroatoms. The number of phenols is 1. The normalized spacial score (nSPS) is 17.9. The topological polar surface area (TPSA) is 101 Å². The van der Waals surface area contributed by atoms with Crippen LogP contribution in [0, 0.1) is 5.92 Å². The average molecular weight is 538 g/mol. The molecular weight excluding hydrogens is 502 g/mol. The molecule has 0 atom stereocenters. The van der Waals surface area contributed by atoms with Crippen LogP contribution in [0.2, 0.25) is 5.02 Å². The van der Waals surface area contributed by atoms with E-state index in [2.05, 4.69) is 15.6 Å². The van der Waals surface area contributed by atoms with Crippen molar-refractivity contribution in [2.75, 3.05) is 5.32 Å². The van der Waals surface area contributed by atoms with Gasteiger partial charge in [-0.2, -0.15) is 0 Å². The number of aromatic hydroxyl groups is 1. The highest BCUT2D eigenvalue weighted by Gasteiger charge is 2.27. The molecular formula is C30H36ClN3O4. The minimum absolute atomic E-state index is 0.0280. The van der Waals surface area contributed by atoms with Gasteiger partial charge in [0.25, 0.3) is 0 Å². The number of anilines is 1. The lowest BCUT2D eigenvalue weighted by atomic mass is 9.90. The summed E-state index contributed by atoms with van der Waals surface area (Å²) in [5.74, 6) is -0.121. The zero-order chi connectivity index (χ0) is 27.6. The Kier molecular flexibility index (Phi) is 8.16.